The molecular weight excluding hydrogens is 458 g/mol. The van der Waals surface area contributed by atoms with E-state index in [0.29, 0.717) is 19.1 Å². The molecule has 0 radical (unpaired) electrons. The predicted octanol–water partition coefficient (Wildman–Crippen LogP) is 6.78. The molecule has 5 nitrogen and oxygen atoms in total. The zero-order chi connectivity index (χ0) is 25.9. The van der Waals surface area contributed by atoms with Gasteiger partial charge in [-0.05, 0) is 60.6 Å². The van der Waals surface area contributed by atoms with Crippen LogP contribution < -0.4 is 10.1 Å². The van der Waals surface area contributed by atoms with Crippen molar-refractivity contribution in [1.29, 1.82) is 0 Å². The van der Waals surface area contributed by atoms with Crippen molar-refractivity contribution in [2.75, 3.05) is 13.2 Å². The summed E-state index contributed by atoms with van der Waals surface area (Å²) in [5.41, 5.74) is 4.45. The standard InChI is InChI=1S/C32H37N3O2/c1-3-25(2)27-15-7-10-18-30(27)37-24-12-23-35-29-17-9-8-16-28(29)34-31(35)19-11-22-33-32(36)21-20-26-13-5-4-6-14-26/h4-10,13-18,20-21,25H,3,11-12,19,22-24H2,1-2H3,(H,33,36)/b21-20+. The van der Waals surface area contributed by atoms with Gasteiger partial charge in [-0.3, -0.25) is 4.79 Å². The fraction of sp³-hybridized carbons (Fsp3) is 0.312. The Kier molecular flexibility index (Phi) is 9.53. The molecule has 0 saturated heterocycles. The summed E-state index contributed by atoms with van der Waals surface area (Å²) in [5, 5.41) is 2.98. The zero-order valence-corrected chi connectivity index (χ0v) is 21.9. The topological polar surface area (TPSA) is 56.1 Å². The van der Waals surface area contributed by atoms with E-state index in [1.807, 2.05) is 48.5 Å². The van der Waals surface area contributed by atoms with Gasteiger partial charge in [-0.2, -0.15) is 0 Å². The van der Waals surface area contributed by atoms with Gasteiger partial charge in [-0.15, -0.1) is 0 Å². The molecule has 3 aromatic carbocycles. The third-order valence-electron chi connectivity index (χ3n) is 6.68. The number of ether oxygens (including phenoxy) is 1. The summed E-state index contributed by atoms with van der Waals surface area (Å²) >= 11 is 0. The maximum absolute atomic E-state index is 12.2. The Hall–Kier alpha value is -3.86. The van der Waals surface area contributed by atoms with E-state index in [2.05, 4.69) is 60.1 Å². The number of aryl methyl sites for hydroxylation is 2. The summed E-state index contributed by atoms with van der Waals surface area (Å²) in [6.07, 6.45) is 7.03. The van der Waals surface area contributed by atoms with Crippen LogP contribution in [0.2, 0.25) is 0 Å². The van der Waals surface area contributed by atoms with Gasteiger partial charge in [0, 0.05) is 25.6 Å². The molecule has 1 unspecified atom stereocenters. The summed E-state index contributed by atoms with van der Waals surface area (Å²) < 4.78 is 8.50. The molecule has 0 aliphatic heterocycles. The number of carbonyl (C=O) groups is 1. The van der Waals surface area contributed by atoms with E-state index in [1.54, 1.807) is 6.08 Å². The zero-order valence-electron chi connectivity index (χ0n) is 21.9. The number of fused-ring (bicyclic) bond motifs is 1. The Morgan fingerprint density at radius 1 is 1.00 bits per heavy atom. The quantitative estimate of drug-likeness (QED) is 0.164. The van der Waals surface area contributed by atoms with E-state index in [0.717, 1.165) is 60.4 Å². The summed E-state index contributed by atoms with van der Waals surface area (Å²) in [6, 6.07) is 26.5. The Labute approximate surface area is 220 Å². The lowest BCUT2D eigenvalue weighted by Gasteiger charge is -2.16. The van der Waals surface area contributed by atoms with Crippen LogP contribution in [0.1, 0.15) is 56.0 Å². The first-order valence-electron chi connectivity index (χ1n) is 13.3. The minimum atomic E-state index is -0.0767. The number of carbonyl (C=O) groups excluding carboxylic acids is 1. The molecule has 1 N–H and O–H groups in total. The highest BCUT2D eigenvalue weighted by molar-refractivity contribution is 5.91. The normalized spacial score (nSPS) is 12.2. The van der Waals surface area contributed by atoms with Crippen LogP contribution >= 0.6 is 0 Å². The van der Waals surface area contributed by atoms with E-state index in [4.69, 9.17) is 9.72 Å². The highest BCUT2D eigenvalue weighted by Gasteiger charge is 2.12. The predicted molar refractivity (Wildman–Crippen MR) is 152 cm³/mol. The van der Waals surface area contributed by atoms with Gasteiger partial charge in [0.2, 0.25) is 5.91 Å². The first-order chi connectivity index (χ1) is 18.2. The van der Waals surface area contributed by atoms with Crippen LogP contribution in [0.5, 0.6) is 5.75 Å². The van der Waals surface area contributed by atoms with E-state index in [-0.39, 0.29) is 5.91 Å². The lowest BCUT2D eigenvalue weighted by atomic mass is 9.98. The third-order valence-corrected chi connectivity index (χ3v) is 6.68. The number of imidazole rings is 1. The minimum absolute atomic E-state index is 0.0767. The molecule has 5 heteroatoms. The van der Waals surface area contributed by atoms with Gasteiger partial charge in [-0.1, -0.05) is 74.5 Å². The SMILES string of the molecule is CCC(C)c1ccccc1OCCCn1c(CCCNC(=O)/C=C/c2ccccc2)nc2ccccc21. The van der Waals surface area contributed by atoms with Gasteiger partial charge in [0.05, 0.1) is 17.6 Å². The molecular formula is C32H37N3O2. The molecule has 37 heavy (non-hydrogen) atoms. The number of nitrogens with one attached hydrogen (secondary N) is 1. The maximum Gasteiger partial charge on any atom is 0.243 e. The number of rotatable bonds is 13. The minimum Gasteiger partial charge on any atom is -0.493 e. The Balaban J connectivity index is 1.31. The van der Waals surface area contributed by atoms with Crippen LogP contribution in [0.15, 0.2) is 84.9 Å². The Bertz CT molecular complexity index is 1310. The number of aromatic nitrogens is 2. The van der Waals surface area contributed by atoms with Crippen LogP contribution in [-0.4, -0.2) is 28.6 Å². The molecule has 1 heterocycles. The molecule has 0 fully saturated rings. The molecule has 192 valence electrons. The molecule has 0 aliphatic rings. The summed E-state index contributed by atoms with van der Waals surface area (Å²) in [7, 11) is 0. The van der Waals surface area contributed by atoms with E-state index in [1.165, 1.54) is 5.56 Å². The van der Waals surface area contributed by atoms with E-state index < -0.39 is 0 Å². The average molecular weight is 496 g/mol. The van der Waals surface area contributed by atoms with Crippen molar-refractivity contribution in [2.45, 2.75) is 52.0 Å². The summed E-state index contributed by atoms with van der Waals surface area (Å²) in [4.78, 5) is 17.1. The van der Waals surface area contributed by atoms with Gasteiger partial charge < -0.3 is 14.6 Å². The van der Waals surface area contributed by atoms with Gasteiger partial charge in [0.15, 0.2) is 0 Å². The molecule has 1 amide bonds. The lowest BCUT2D eigenvalue weighted by molar-refractivity contribution is -0.116. The average Bonchev–Trinajstić information content (AvgIpc) is 3.30. The van der Waals surface area contributed by atoms with Crippen molar-refractivity contribution in [3.8, 4) is 5.75 Å². The van der Waals surface area contributed by atoms with Crippen LogP contribution in [0.4, 0.5) is 0 Å². The van der Waals surface area contributed by atoms with Crippen molar-refractivity contribution in [2.24, 2.45) is 0 Å². The van der Waals surface area contributed by atoms with Gasteiger partial charge in [0.1, 0.15) is 11.6 Å². The molecule has 4 aromatic rings. The van der Waals surface area contributed by atoms with Gasteiger partial charge >= 0.3 is 0 Å². The largest absolute Gasteiger partial charge is 0.493 e. The van der Waals surface area contributed by atoms with Crippen molar-refractivity contribution >= 4 is 23.0 Å². The highest BCUT2D eigenvalue weighted by atomic mass is 16.5. The lowest BCUT2D eigenvalue weighted by Crippen LogP contribution is -2.22. The molecule has 0 spiro atoms. The van der Waals surface area contributed by atoms with Crippen molar-refractivity contribution < 1.29 is 9.53 Å². The first kappa shape index (κ1) is 26.2. The Morgan fingerprint density at radius 3 is 2.59 bits per heavy atom. The first-order valence-corrected chi connectivity index (χ1v) is 13.3. The van der Waals surface area contributed by atoms with Crippen LogP contribution in [-0.2, 0) is 17.8 Å². The monoisotopic (exact) mass is 495 g/mol. The third kappa shape index (κ3) is 7.32. The van der Waals surface area contributed by atoms with Gasteiger partial charge in [-0.25, -0.2) is 4.98 Å². The second kappa shape index (κ2) is 13.4. The van der Waals surface area contributed by atoms with E-state index >= 15 is 0 Å². The number of hydrogen-bond donors (Lipinski definition) is 1. The number of amides is 1. The van der Waals surface area contributed by atoms with E-state index in [9.17, 15) is 4.79 Å². The Morgan fingerprint density at radius 2 is 1.76 bits per heavy atom. The highest BCUT2D eigenvalue weighted by Crippen LogP contribution is 2.28. The molecule has 0 saturated carbocycles. The number of para-hydroxylation sites is 3. The van der Waals surface area contributed by atoms with Crippen LogP contribution in [0.3, 0.4) is 0 Å². The number of hydrogen-bond acceptors (Lipinski definition) is 3. The van der Waals surface area contributed by atoms with Crippen molar-refractivity contribution in [3.63, 3.8) is 0 Å². The molecule has 0 bridgehead atoms. The fourth-order valence-electron chi connectivity index (χ4n) is 4.46. The molecule has 1 atom stereocenters. The summed E-state index contributed by atoms with van der Waals surface area (Å²) in [6.45, 7) is 6.56. The van der Waals surface area contributed by atoms with Gasteiger partial charge in [0.25, 0.3) is 0 Å². The second-order valence-corrected chi connectivity index (χ2v) is 9.36. The molecule has 1 aromatic heterocycles. The van der Waals surface area contributed by atoms with Crippen molar-refractivity contribution in [1.82, 2.24) is 14.9 Å². The second-order valence-electron chi connectivity index (χ2n) is 9.36. The number of benzene rings is 3. The van der Waals surface area contributed by atoms with Crippen molar-refractivity contribution in [3.05, 3.63) is 102 Å². The smallest absolute Gasteiger partial charge is 0.243 e. The molecule has 4 rings (SSSR count). The van der Waals surface area contributed by atoms with Crippen LogP contribution in [0, 0.1) is 0 Å². The fourth-order valence-corrected chi connectivity index (χ4v) is 4.46. The summed E-state index contributed by atoms with van der Waals surface area (Å²) in [5.74, 6) is 2.45. The van der Waals surface area contributed by atoms with Crippen LogP contribution in [0.25, 0.3) is 17.1 Å². The molecule has 0 aliphatic carbocycles. The number of nitrogens with zero attached hydrogens (tertiary/aromatic N) is 2. The maximum atomic E-state index is 12.2.